The second kappa shape index (κ2) is 5.83. The molecule has 0 atom stereocenters. The van der Waals surface area contributed by atoms with Gasteiger partial charge in [-0.1, -0.05) is 42.5 Å². The fourth-order valence-corrected chi connectivity index (χ4v) is 3.20. The van der Waals surface area contributed by atoms with Crippen LogP contribution in [0.5, 0.6) is 0 Å². The molecule has 2 aromatic carbocycles. The molecule has 0 saturated heterocycles. The average Bonchev–Trinajstić information content (AvgIpc) is 3.17. The third kappa shape index (κ3) is 2.70. The number of carbonyl (C=O) groups is 1. The maximum Gasteiger partial charge on any atom is 0.224 e. The number of aryl methyl sites for hydroxylation is 1. The molecule has 0 aliphatic carbocycles. The van der Waals surface area contributed by atoms with E-state index < -0.39 is 0 Å². The zero-order valence-corrected chi connectivity index (χ0v) is 12.8. The highest BCUT2D eigenvalue weighted by atomic mass is 16.1. The molecule has 0 saturated carbocycles. The first-order chi connectivity index (χ1) is 11.3. The molecule has 0 bridgehead atoms. The number of nitrogens with one attached hydrogen (secondary N) is 1. The van der Waals surface area contributed by atoms with Gasteiger partial charge in [-0.05, 0) is 22.8 Å². The van der Waals surface area contributed by atoms with Crippen molar-refractivity contribution >= 4 is 16.7 Å². The van der Waals surface area contributed by atoms with Crippen LogP contribution in [0.2, 0.25) is 0 Å². The van der Waals surface area contributed by atoms with Gasteiger partial charge in [-0.2, -0.15) is 0 Å². The van der Waals surface area contributed by atoms with Crippen molar-refractivity contribution in [2.45, 2.75) is 32.4 Å². The molecular formula is C18H18N4O. The number of carbonyl (C=O) groups excluding carboxylic acids is 1. The molecule has 1 aliphatic heterocycles. The third-order valence-electron chi connectivity index (χ3n) is 4.36. The summed E-state index contributed by atoms with van der Waals surface area (Å²) in [5, 5.41) is 13.6. The van der Waals surface area contributed by atoms with Crippen LogP contribution in [0.15, 0.2) is 42.5 Å². The van der Waals surface area contributed by atoms with Crippen LogP contribution in [-0.4, -0.2) is 20.7 Å². The Bertz CT molecular complexity index is 863. The van der Waals surface area contributed by atoms with Gasteiger partial charge >= 0.3 is 0 Å². The predicted octanol–water partition coefficient (Wildman–Crippen LogP) is 2.24. The highest BCUT2D eigenvalue weighted by Crippen LogP contribution is 2.19. The van der Waals surface area contributed by atoms with E-state index in [1.165, 1.54) is 0 Å². The molecule has 1 amide bonds. The SMILES string of the molecule is O=C(Cc1cccc2ccccc12)NCc1nnc2n1CCC2. The number of hydrogen-bond acceptors (Lipinski definition) is 3. The Labute approximate surface area is 134 Å². The van der Waals surface area contributed by atoms with Crippen molar-refractivity contribution in [3.63, 3.8) is 0 Å². The van der Waals surface area contributed by atoms with Crippen molar-refractivity contribution in [3.05, 3.63) is 59.7 Å². The summed E-state index contributed by atoms with van der Waals surface area (Å²) in [5.41, 5.74) is 1.05. The zero-order valence-electron chi connectivity index (χ0n) is 12.8. The van der Waals surface area contributed by atoms with Gasteiger partial charge in [0.2, 0.25) is 5.91 Å². The number of amides is 1. The fraction of sp³-hybridized carbons (Fsp3) is 0.278. The summed E-state index contributed by atoms with van der Waals surface area (Å²) < 4.78 is 2.11. The van der Waals surface area contributed by atoms with Gasteiger partial charge in [0.25, 0.3) is 0 Å². The molecule has 0 unspecified atom stereocenters. The van der Waals surface area contributed by atoms with E-state index >= 15 is 0 Å². The summed E-state index contributed by atoms with van der Waals surface area (Å²) in [4.78, 5) is 12.3. The zero-order chi connectivity index (χ0) is 15.6. The molecule has 23 heavy (non-hydrogen) atoms. The first kappa shape index (κ1) is 13.9. The Morgan fingerprint density at radius 2 is 2.00 bits per heavy atom. The Morgan fingerprint density at radius 3 is 2.96 bits per heavy atom. The molecule has 3 aromatic rings. The Balaban J connectivity index is 1.45. The largest absolute Gasteiger partial charge is 0.349 e. The maximum absolute atomic E-state index is 12.3. The van der Waals surface area contributed by atoms with Crippen LogP contribution in [0.25, 0.3) is 10.8 Å². The molecule has 1 N–H and O–H groups in total. The minimum absolute atomic E-state index is 0.0108. The first-order valence-electron chi connectivity index (χ1n) is 7.95. The van der Waals surface area contributed by atoms with Crippen LogP contribution < -0.4 is 5.32 Å². The Kier molecular flexibility index (Phi) is 3.54. The van der Waals surface area contributed by atoms with Crippen LogP contribution in [0.3, 0.4) is 0 Å². The molecule has 1 aromatic heterocycles. The van der Waals surface area contributed by atoms with E-state index in [-0.39, 0.29) is 5.91 Å². The highest BCUT2D eigenvalue weighted by Gasteiger charge is 2.17. The van der Waals surface area contributed by atoms with E-state index in [9.17, 15) is 4.79 Å². The van der Waals surface area contributed by atoms with Gasteiger partial charge in [-0.15, -0.1) is 10.2 Å². The molecule has 0 spiro atoms. The van der Waals surface area contributed by atoms with Crippen molar-refractivity contribution in [1.29, 1.82) is 0 Å². The van der Waals surface area contributed by atoms with Crippen LogP contribution in [-0.2, 0) is 30.7 Å². The van der Waals surface area contributed by atoms with Gasteiger partial charge in [-0.3, -0.25) is 4.79 Å². The van der Waals surface area contributed by atoms with Crippen LogP contribution in [0.4, 0.5) is 0 Å². The van der Waals surface area contributed by atoms with Gasteiger partial charge in [0.1, 0.15) is 5.82 Å². The van der Waals surface area contributed by atoms with Crippen molar-refractivity contribution in [3.8, 4) is 0 Å². The number of nitrogens with zero attached hydrogens (tertiary/aromatic N) is 3. The van der Waals surface area contributed by atoms with E-state index in [0.29, 0.717) is 13.0 Å². The summed E-state index contributed by atoms with van der Waals surface area (Å²) in [5.74, 6) is 1.89. The van der Waals surface area contributed by atoms with Gasteiger partial charge in [0.05, 0.1) is 13.0 Å². The monoisotopic (exact) mass is 306 g/mol. The van der Waals surface area contributed by atoms with Crippen LogP contribution in [0.1, 0.15) is 23.6 Å². The average molecular weight is 306 g/mol. The standard InChI is InChI=1S/C18H18N4O/c23-18(19-12-17-21-20-16-9-4-10-22(16)17)11-14-7-3-6-13-5-1-2-8-15(13)14/h1-3,5-8H,4,9-12H2,(H,19,23). The number of hydrogen-bond donors (Lipinski definition) is 1. The minimum atomic E-state index is 0.0108. The predicted molar refractivity (Wildman–Crippen MR) is 87.8 cm³/mol. The van der Waals surface area contributed by atoms with Crippen molar-refractivity contribution in [2.75, 3.05) is 0 Å². The van der Waals surface area contributed by atoms with E-state index in [1.54, 1.807) is 0 Å². The molecule has 2 heterocycles. The van der Waals surface area contributed by atoms with Crippen molar-refractivity contribution < 1.29 is 4.79 Å². The number of fused-ring (bicyclic) bond motifs is 2. The van der Waals surface area contributed by atoms with Crippen molar-refractivity contribution in [2.24, 2.45) is 0 Å². The van der Waals surface area contributed by atoms with Gasteiger partial charge in [0.15, 0.2) is 5.82 Å². The van der Waals surface area contributed by atoms with Crippen LogP contribution in [0, 0.1) is 0 Å². The summed E-state index contributed by atoms with van der Waals surface area (Å²) in [6, 6.07) is 14.2. The lowest BCUT2D eigenvalue weighted by molar-refractivity contribution is -0.120. The van der Waals surface area contributed by atoms with Gasteiger partial charge < -0.3 is 9.88 Å². The third-order valence-corrected chi connectivity index (χ3v) is 4.36. The number of aromatic nitrogens is 3. The topological polar surface area (TPSA) is 59.8 Å². The molecule has 4 rings (SSSR count). The van der Waals surface area contributed by atoms with Gasteiger partial charge in [-0.25, -0.2) is 0 Å². The second-order valence-corrected chi connectivity index (χ2v) is 5.88. The quantitative estimate of drug-likeness (QED) is 0.804. The lowest BCUT2D eigenvalue weighted by Gasteiger charge is -2.08. The normalized spacial score (nSPS) is 13.2. The maximum atomic E-state index is 12.3. The second-order valence-electron chi connectivity index (χ2n) is 5.88. The fourth-order valence-electron chi connectivity index (χ4n) is 3.20. The molecule has 5 nitrogen and oxygen atoms in total. The molecule has 1 aliphatic rings. The summed E-state index contributed by atoms with van der Waals surface area (Å²) >= 11 is 0. The molecule has 116 valence electrons. The van der Waals surface area contributed by atoms with Gasteiger partial charge in [0, 0.05) is 13.0 Å². The van der Waals surface area contributed by atoms with E-state index in [0.717, 1.165) is 47.4 Å². The highest BCUT2D eigenvalue weighted by molar-refractivity contribution is 5.90. The smallest absolute Gasteiger partial charge is 0.224 e. The number of benzene rings is 2. The Morgan fingerprint density at radius 1 is 1.13 bits per heavy atom. The van der Waals surface area contributed by atoms with E-state index in [1.807, 2.05) is 24.3 Å². The summed E-state index contributed by atoms with van der Waals surface area (Å²) in [7, 11) is 0. The first-order valence-corrected chi connectivity index (χ1v) is 7.95. The summed E-state index contributed by atoms with van der Waals surface area (Å²) in [6.07, 6.45) is 2.47. The number of rotatable bonds is 4. The lowest BCUT2D eigenvalue weighted by Crippen LogP contribution is -2.26. The molecular weight excluding hydrogens is 288 g/mol. The minimum Gasteiger partial charge on any atom is -0.349 e. The summed E-state index contributed by atoms with van der Waals surface area (Å²) in [6.45, 7) is 1.40. The molecule has 0 fully saturated rings. The molecule has 5 heteroatoms. The lowest BCUT2D eigenvalue weighted by atomic mass is 10.0. The Hall–Kier alpha value is -2.69. The molecule has 0 radical (unpaired) electrons. The van der Waals surface area contributed by atoms with Crippen LogP contribution >= 0.6 is 0 Å². The van der Waals surface area contributed by atoms with E-state index in [4.69, 9.17) is 0 Å². The van der Waals surface area contributed by atoms with E-state index in [2.05, 4.69) is 38.3 Å². The van der Waals surface area contributed by atoms with Crippen molar-refractivity contribution in [1.82, 2.24) is 20.1 Å².